The summed E-state index contributed by atoms with van der Waals surface area (Å²) in [4.78, 5) is 25.6. The van der Waals surface area contributed by atoms with E-state index < -0.39 is 23.6 Å². The number of aromatic nitrogens is 2. The molecule has 2 saturated heterocycles. The molecule has 14 heteroatoms. The van der Waals surface area contributed by atoms with E-state index in [0.717, 1.165) is 42.8 Å². The van der Waals surface area contributed by atoms with Crippen LogP contribution in [0.25, 0.3) is 0 Å². The van der Waals surface area contributed by atoms with Crippen molar-refractivity contribution in [3.05, 3.63) is 65.2 Å². The van der Waals surface area contributed by atoms with Crippen LogP contribution in [0.1, 0.15) is 40.4 Å². The first-order valence-electron chi connectivity index (χ1n) is 12.6. The van der Waals surface area contributed by atoms with Gasteiger partial charge in [0.05, 0.1) is 11.3 Å². The first-order chi connectivity index (χ1) is 19.0. The number of anilines is 2. The quantitative estimate of drug-likeness (QED) is 0.201. The summed E-state index contributed by atoms with van der Waals surface area (Å²) < 4.78 is 85.9. The second-order valence-corrected chi connectivity index (χ2v) is 10.4. The zero-order valence-corrected chi connectivity index (χ0v) is 22.0. The Morgan fingerprint density at radius 2 is 1.55 bits per heavy atom. The first-order valence-corrected chi connectivity index (χ1v) is 13.6. The lowest BCUT2D eigenvalue weighted by molar-refractivity contribution is -0.141. The molecule has 5 rings (SSSR count). The molecule has 7 nitrogen and oxygen atoms in total. The zero-order valence-electron chi connectivity index (χ0n) is 21.1. The van der Waals surface area contributed by atoms with E-state index in [1.807, 2.05) is 0 Å². The van der Waals surface area contributed by atoms with Gasteiger partial charge in [-0.2, -0.15) is 26.3 Å². The Labute approximate surface area is 230 Å². The summed E-state index contributed by atoms with van der Waals surface area (Å²) in [5, 5.41) is -0.103. The SMILES string of the molecule is O=C(c1ccc(CSc2nc(N3CCN(c4cccc(C(F)(F)F)c4)CC3)cc(C(F)(F)F)n2)o1)N1CCCC1. The molecule has 0 unspecified atom stereocenters. The molecule has 1 amide bonds. The summed E-state index contributed by atoms with van der Waals surface area (Å²) in [5.74, 6) is 0.581. The molecule has 2 aromatic heterocycles. The van der Waals surface area contributed by atoms with Gasteiger partial charge in [-0.15, -0.1) is 0 Å². The molecule has 0 N–H and O–H groups in total. The summed E-state index contributed by atoms with van der Waals surface area (Å²) in [6.07, 6.45) is -7.30. The second-order valence-electron chi connectivity index (χ2n) is 9.47. The maximum Gasteiger partial charge on any atom is 0.433 e. The lowest BCUT2D eigenvalue weighted by atomic mass is 10.1. The molecule has 3 aromatic rings. The Balaban J connectivity index is 1.27. The van der Waals surface area contributed by atoms with E-state index in [1.165, 1.54) is 6.07 Å². The minimum Gasteiger partial charge on any atom is -0.455 e. The number of halogens is 6. The Bertz CT molecular complexity index is 1350. The van der Waals surface area contributed by atoms with Gasteiger partial charge in [-0.3, -0.25) is 4.79 Å². The number of carbonyl (C=O) groups excluding carboxylic acids is 1. The highest BCUT2D eigenvalue weighted by Gasteiger charge is 2.35. The summed E-state index contributed by atoms with van der Waals surface area (Å²) in [7, 11) is 0. The van der Waals surface area contributed by atoms with Gasteiger partial charge in [-0.1, -0.05) is 17.8 Å². The monoisotopic (exact) mass is 585 g/mol. The summed E-state index contributed by atoms with van der Waals surface area (Å²) in [6, 6.07) is 9.01. The normalized spacial score (nSPS) is 16.6. The van der Waals surface area contributed by atoms with Crippen LogP contribution in [0.2, 0.25) is 0 Å². The van der Waals surface area contributed by atoms with Crippen LogP contribution in [-0.4, -0.2) is 60.0 Å². The number of carbonyl (C=O) groups is 1. The molecule has 0 spiro atoms. The molecule has 2 aliphatic rings. The number of hydrogen-bond acceptors (Lipinski definition) is 7. The number of thioether (sulfide) groups is 1. The van der Waals surface area contributed by atoms with Gasteiger partial charge in [0, 0.05) is 51.0 Å². The number of rotatable bonds is 6. The third-order valence-corrected chi connectivity index (χ3v) is 7.60. The Morgan fingerprint density at radius 1 is 0.850 bits per heavy atom. The fourth-order valence-corrected chi connectivity index (χ4v) is 5.39. The van der Waals surface area contributed by atoms with Crippen LogP contribution in [0.15, 0.2) is 52.0 Å². The van der Waals surface area contributed by atoms with Crippen molar-refractivity contribution in [3.8, 4) is 0 Å². The lowest BCUT2D eigenvalue weighted by Gasteiger charge is -2.37. The molecule has 0 radical (unpaired) electrons. The standard InChI is InChI=1S/C26H25F6N5O2S/c27-25(28,29)17-4-3-5-18(14-17)35-10-12-36(13-11-35)22-15-21(26(30,31)32)33-24(34-22)40-16-19-6-7-20(39-19)23(38)37-8-1-2-9-37/h3-7,14-15H,1-2,8-13,16H2. The van der Waals surface area contributed by atoms with Gasteiger partial charge >= 0.3 is 12.4 Å². The van der Waals surface area contributed by atoms with Crippen molar-refractivity contribution in [2.24, 2.45) is 0 Å². The van der Waals surface area contributed by atoms with E-state index in [9.17, 15) is 31.1 Å². The third kappa shape index (κ3) is 6.48. The predicted octanol–water partition coefficient (Wildman–Crippen LogP) is 5.96. The maximum atomic E-state index is 13.7. The Kier molecular flexibility index (Phi) is 7.89. The van der Waals surface area contributed by atoms with Gasteiger partial charge in [0.1, 0.15) is 11.6 Å². The van der Waals surface area contributed by atoms with Crippen LogP contribution in [-0.2, 0) is 18.1 Å². The fourth-order valence-electron chi connectivity index (χ4n) is 4.64. The van der Waals surface area contributed by atoms with Crippen LogP contribution in [0.3, 0.4) is 0 Å². The largest absolute Gasteiger partial charge is 0.455 e. The summed E-state index contributed by atoms with van der Waals surface area (Å²) >= 11 is 0.956. The van der Waals surface area contributed by atoms with Crippen molar-refractivity contribution in [1.82, 2.24) is 14.9 Å². The van der Waals surface area contributed by atoms with Crippen LogP contribution >= 0.6 is 11.8 Å². The number of benzene rings is 1. The van der Waals surface area contributed by atoms with Gasteiger partial charge in [0.15, 0.2) is 16.6 Å². The van der Waals surface area contributed by atoms with E-state index in [-0.39, 0.29) is 41.5 Å². The lowest BCUT2D eigenvalue weighted by Crippen LogP contribution is -2.47. The zero-order chi connectivity index (χ0) is 28.5. The number of furan rings is 1. The molecule has 0 aliphatic carbocycles. The molecule has 0 atom stereocenters. The number of alkyl halides is 6. The van der Waals surface area contributed by atoms with Crippen LogP contribution in [0, 0.1) is 0 Å². The molecule has 40 heavy (non-hydrogen) atoms. The Hall–Kier alpha value is -3.42. The van der Waals surface area contributed by atoms with E-state index in [1.54, 1.807) is 32.9 Å². The van der Waals surface area contributed by atoms with E-state index in [0.29, 0.717) is 37.6 Å². The molecule has 0 bridgehead atoms. The van der Waals surface area contributed by atoms with Gasteiger partial charge in [0.25, 0.3) is 5.91 Å². The van der Waals surface area contributed by atoms with Gasteiger partial charge in [-0.05, 0) is 43.2 Å². The fraction of sp³-hybridized carbons (Fsp3) is 0.423. The van der Waals surface area contributed by atoms with E-state index >= 15 is 0 Å². The van der Waals surface area contributed by atoms with Crippen molar-refractivity contribution in [1.29, 1.82) is 0 Å². The molecular formula is C26H25F6N5O2S. The Morgan fingerprint density at radius 3 is 2.23 bits per heavy atom. The van der Waals surface area contributed by atoms with Gasteiger partial charge < -0.3 is 19.1 Å². The highest BCUT2D eigenvalue weighted by Crippen LogP contribution is 2.34. The van der Waals surface area contributed by atoms with Crippen molar-refractivity contribution in [2.75, 3.05) is 49.1 Å². The smallest absolute Gasteiger partial charge is 0.433 e. The first kappa shape index (κ1) is 28.1. The topological polar surface area (TPSA) is 65.7 Å². The number of amides is 1. The van der Waals surface area contributed by atoms with Gasteiger partial charge in [0.2, 0.25) is 0 Å². The predicted molar refractivity (Wildman–Crippen MR) is 136 cm³/mol. The highest BCUT2D eigenvalue weighted by atomic mass is 32.2. The molecule has 2 fully saturated rings. The molecular weight excluding hydrogens is 560 g/mol. The molecule has 0 saturated carbocycles. The minimum atomic E-state index is -4.70. The van der Waals surface area contributed by atoms with E-state index in [2.05, 4.69) is 9.97 Å². The van der Waals surface area contributed by atoms with Gasteiger partial charge in [-0.25, -0.2) is 9.97 Å². The number of likely N-dealkylation sites (tertiary alicyclic amines) is 1. The minimum absolute atomic E-state index is 0.0814. The molecule has 4 heterocycles. The highest BCUT2D eigenvalue weighted by molar-refractivity contribution is 7.98. The second kappa shape index (κ2) is 11.2. The average Bonchev–Trinajstić information content (AvgIpc) is 3.64. The number of nitrogens with zero attached hydrogens (tertiary/aromatic N) is 5. The van der Waals surface area contributed by atoms with Crippen molar-refractivity contribution in [2.45, 2.75) is 36.1 Å². The molecule has 214 valence electrons. The average molecular weight is 586 g/mol. The van der Waals surface area contributed by atoms with Crippen molar-refractivity contribution in [3.63, 3.8) is 0 Å². The van der Waals surface area contributed by atoms with Crippen molar-refractivity contribution < 1.29 is 35.6 Å². The van der Waals surface area contributed by atoms with Crippen LogP contribution in [0.4, 0.5) is 37.8 Å². The number of piperazine rings is 1. The maximum absolute atomic E-state index is 13.7. The van der Waals surface area contributed by atoms with Crippen LogP contribution < -0.4 is 9.80 Å². The van der Waals surface area contributed by atoms with Crippen molar-refractivity contribution >= 4 is 29.2 Å². The van der Waals surface area contributed by atoms with E-state index in [4.69, 9.17) is 4.42 Å². The molecule has 1 aromatic carbocycles. The molecule has 2 aliphatic heterocycles. The third-order valence-electron chi connectivity index (χ3n) is 6.73. The van der Waals surface area contributed by atoms with Crippen LogP contribution in [0.5, 0.6) is 0 Å². The number of hydrogen-bond donors (Lipinski definition) is 0. The summed E-state index contributed by atoms with van der Waals surface area (Å²) in [5.41, 5.74) is -1.46. The summed E-state index contributed by atoms with van der Waals surface area (Å²) in [6.45, 7) is 2.45.